The zero-order valence-electron chi connectivity index (χ0n) is 11.6. The topological polar surface area (TPSA) is 47.0 Å². The lowest BCUT2D eigenvalue weighted by molar-refractivity contribution is 0.0295. The van der Waals surface area contributed by atoms with Gasteiger partial charge in [-0.25, -0.2) is 0 Å². The van der Waals surface area contributed by atoms with Crippen LogP contribution in [0, 0.1) is 0 Å². The molecule has 4 heteroatoms. The van der Waals surface area contributed by atoms with Gasteiger partial charge in [0.05, 0.1) is 24.4 Å². The number of fused-ring (bicyclic) bond motifs is 1. The van der Waals surface area contributed by atoms with Crippen molar-refractivity contribution in [3.05, 3.63) is 59.7 Å². The van der Waals surface area contributed by atoms with Crippen LogP contribution in [-0.2, 0) is 11.2 Å². The summed E-state index contributed by atoms with van der Waals surface area (Å²) in [6, 6.07) is 8.70. The van der Waals surface area contributed by atoms with Crippen LogP contribution in [0.1, 0.15) is 35.4 Å². The summed E-state index contributed by atoms with van der Waals surface area (Å²) in [7, 11) is 1.95. The number of benzene rings is 1. The molecule has 2 atom stereocenters. The predicted molar refractivity (Wildman–Crippen MR) is 77.3 cm³/mol. The lowest BCUT2D eigenvalue weighted by Crippen LogP contribution is -2.24. The van der Waals surface area contributed by atoms with E-state index >= 15 is 0 Å². The highest BCUT2D eigenvalue weighted by Crippen LogP contribution is 2.33. The largest absolute Gasteiger partial charge is 0.373 e. The molecule has 0 radical (unpaired) electrons. The molecule has 1 N–H and O–H groups in total. The number of nitrogens with one attached hydrogen (secondary N) is 1. The maximum absolute atomic E-state index is 5.97. The van der Waals surface area contributed by atoms with E-state index in [0.29, 0.717) is 0 Å². The Kier molecular flexibility index (Phi) is 4.04. The third kappa shape index (κ3) is 2.71. The van der Waals surface area contributed by atoms with Crippen molar-refractivity contribution >= 4 is 0 Å². The van der Waals surface area contributed by atoms with Gasteiger partial charge in [-0.1, -0.05) is 24.3 Å². The van der Waals surface area contributed by atoms with Crippen molar-refractivity contribution in [2.75, 3.05) is 13.7 Å². The van der Waals surface area contributed by atoms with E-state index < -0.39 is 0 Å². The highest BCUT2D eigenvalue weighted by Gasteiger charge is 2.24. The van der Waals surface area contributed by atoms with Gasteiger partial charge in [0.15, 0.2) is 0 Å². The normalized spacial score (nSPS) is 19.4. The maximum atomic E-state index is 5.97. The molecule has 3 rings (SSSR count). The SMILES string of the molecule is CNC(CC1OCCc2ccccc21)c1cnccn1. The Morgan fingerprint density at radius 1 is 1.35 bits per heavy atom. The first-order chi connectivity index (χ1) is 9.88. The van der Waals surface area contributed by atoms with Crippen LogP contribution in [0.4, 0.5) is 0 Å². The molecular weight excluding hydrogens is 250 g/mol. The molecule has 0 amide bonds. The van der Waals surface area contributed by atoms with Crippen molar-refractivity contribution in [3.8, 4) is 0 Å². The van der Waals surface area contributed by atoms with E-state index in [9.17, 15) is 0 Å². The molecule has 1 aliphatic heterocycles. The molecule has 0 fully saturated rings. The van der Waals surface area contributed by atoms with E-state index in [2.05, 4.69) is 39.6 Å². The third-order valence-electron chi connectivity index (χ3n) is 3.83. The molecule has 20 heavy (non-hydrogen) atoms. The summed E-state index contributed by atoms with van der Waals surface area (Å²) in [5.41, 5.74) is 3.67. The third-order valence-corrected chi connectivity index (χ3v) is 3.83. The first-order valence-electron chi connectivity index (χ1n) is 7.01. The second-order valence-corrected chi connectivity index (χ2v) is 5.02. The second-order valence-electron chi connectivity index (χ2n) is 5.02. The van der Waals surface area contributed by atoms with Crippen LogP contribution in [0.25, 0.3) is 0 Å². The summed E-state index contributed by atoms with van der Waals surface area (Å²) in [5, 5.41) is 3.31. The smallest absolute Gasteiger partial charge is 0.0846 e. The Hall–Kier alpha value is -1.78. The Morgan fingerprint density at radius 2 is 2.25 bits per heavy atom. The summed E-state index contributed by atoms with van der Waals surface area (Å²) in [6.07, 6.45) is 7.24. The van der Waals surface area contributed by atoms with E-state index in [1.165, 1.54) is 11.1 Å². The fourth-order valence-corrected chi connectivity index (χ4v) is 2.76. The van der Waals surface area contributed by atoms with Crippen LogP contribution >= 0.6 is 0 Å². The molecule has 1 aromatic heterocycles. The van der Waals surface area contributed by atoms with Crippen LogP contribution in [0.15, 0.2) is 42.9 Å². The fraction of sp³-hybridized carbons (Fsp3) is 0.375. The van der Waals surface area contributed by atoms with Gasteiger partial charge in [-0.2, -0.15) is 0 Å². The number of aromatic nitrogens is 2. The standard InChI is InChI=1S/C16H19N3O/c1-17-14(15-11-18-7-8-19-15)10-16-13-5-3-2-4-12(13)6-9-20-16/h2-5,7-8,11,14,16-17H,6,9-10H2,1H3. The molecule has 2 unspecified atom stereocenters. The van der Waals surface area contributed by atoms with E-state index in [0.717, 1.165) is 25.1 Å². The van der Waals surface area contributed by atoms with Crippen LogP contribution in [-0.4, -0.2) is 23.6 Å². The molecular formula is C16H19N3O. The first kappa shape index (κ1) is 13.2. The van der Waals surface area contributed by atoms with Crippen molar-refractivity contribution in [2.24, 2.45) is 0 Å². The molecule has 0 aliphatic carbocycles. The van der Waals surface area contributed by atoms with Crippen LogP contribution in [0.2, 0.25) is 0 Å². The number of rotatable bonds is 4. The Labute approximate surface area is 119 Å². The minimum atomic E-state index is 0.124. The Morgan fingerprint density at radius 3 is 3.05 bits per heavy atom. The summed E-state index contributed by atoms with van der Waals surface area (Å²) in [6.45, 7) is 0.790. The molecule has 0 spiro atoms. The summed E-state index contributed by atoms with van der Waals surface area (Å²) in [5.74, 6) is 0. The second kappa shape index (κ2) is 6.11. The molecule has 1 aromatic carbocycles. The van der Waals surface area contributed by atoms with Gasteiger partial charge in [-0.05, 0) is 31.0 Å². The monoisotopic (exact) mass is 269 g/mol. The number of hydrogen-bond donors (Lipinski definition) is 1. The zero-order valence-corrected chi connectivity index (χ0v) is 11.6. The van der Waals surface area contributed by atoms with Crippen molar-refractivity contribution < 1.29 is 4.74 Å². The fourth-order valence-electron chi connectivity index (χ4n) is 2.76. The zero-order chi connectivity index (χ0) is 13.8. The lowest BCUT2D eigenvalue weighted by atomic mass is 9.93. The molecule has 104 valence electrons. The van der Waals surface area contributed by atoms with Crippen LogP contribution in [0.3, 0.4) is 0 Å². The Bertz CT molecular complexity index is 559. The van der Waals surface area contributed by atoms with Gasteiger partial charge in [-0.3, -0.25) is 9.97 Å². The maximum Gasteiger partial charge on any atom is 0.0846 e. The molecule has 2 heterocycles. The van der Waals surface area contributed by atoms with E-state index in [-0.39, 0.29) is 12.1 Å². The van der Waals surface area contributed by atoms with Gasteiger partial charge < -0.3 is 10.1 Å². The van der Waals surface area contributed by atoms with Crippen molar-refractivity contribution in [1.82, 2.24) is 15.3 Å². The highest BCUT2D eigenvalue weighted by atomic mass is 16.5. The van der Waals surface area contributed by atoms with Gasteiger partial charge in [0.2, 0.25) is 0 Å². The number of hydrogen-bond acceptors (Lipinski definition) is 4. The summed E-state index contributed by atoms with van der Waals surface area (Å²) < 4.78 is 5.97. The van der Waals surface area contributed by atoms with Crippen molar-refractivity contribution in [2.45, 2.75) is 25.0 Å². The molecule has 0 bridgehead atoms. The van der Waals surface area contributed by atoms with Gasteiger partial charge >= 0.3 is 0 Å². The quantitative estimate of drug-likeness (QED) is 0.926. The minimum absolute atomic E-state index is 0.124. The average molecular weight is 269 g/mol. The highest BCUT2D eigenvalue weighted by molar-refractivity contribution is 5.31. The van der Waals surface area contributed by atoms with Gasteiger partial charge in [0, 0.05) is 18.6 Å². The molecule has 0 saturated carbocycles. The number of nitrogens with zero attached hydrogens (tertiary/aromatic N) is 2. The minimum Gasteiger partial charge on any atom is -0.373 e. The first-order valence-corrected chi connectivity index (χ1v) is 7.01. The van der Waals surface area contributed by atoms with E-state index in [1.807, 2.05) is 13.2 Å². The lowest BCUT2D eigenvalue weighted by Gasteiger charge is -2.29. The van der Waals surface area contributed by atoms with Gasteiger partial charge in [-0.15, -0.1) is 0 Å². The predicted octanol–water partition coefficient (Wildman–Crippen LogP) is 2.44. The molecule has 4 nitrogen and oxygen atoms in total. The van der Waals surface area contributed by atoms with Crippen LogP contribution < -0.4 is 5.32 Å². The van der Waals surface area contributed by atoms with Gasteiger partial charge in [0.1, 0.15) is 0 Å². The van der Waals surface area contributed by atoms with Crippen LogP contribution in [0.5, 0.6) is 0 Å². The van der Waals surface area contributed by atoms with E-state index in [4.69, 9.17) is 4.74 Å². The molecule has 1 aliphatic rings. The summed E-state index contributed by atoms with van der Waals surface area (Å²) in [4.78, 5) is 8.54. The van der Waals surface area contributed by atoms with E-state index in [1.54, 1.807) is 12.4 Å². The van der Waals surface area contributed by atoms with Crippen molar-refractivity contribution in [3.63, 3.8) is 0 Å². The van der Waals surface area contributed by atoms with Crippen molar-refractivity contribution in [1.29, 1.82) is 0 Å². The summed E-state index contributed by atoms with van der Waals surface area (Å²) >= 11 is 0. The Balaban J connectivity index is 1.81. The number of ether oxygens (including phenoxy) is 1. The molecule has 0 saturated heterocycles. The molecule has 2 aromatic rings. The van der Waals surface area contributed by atoms with Gasteiger partial charge in [0.25, 0.3) is 0 Å². The average Bonchev–Trinajstić information content (AvgIpc) is 2.53.